The molecule has 2 aromatic rings. The second-order valence-electron chi connectivity index (χ2n) is 6.68. The number of carbonyl (C=O) groups excluding carboxylic acids is 1. The summed E-state index contributed by atoms with van der Waals surface area (Å²) in [6, 6.07) is 10.0. The predicted octanol–water partition coefficient (Wildman–Crippen LogP) is 1.25. The van der Waals surface area contributed by atoms with Gasteiger partial charge in [0, 0.05) is 32.1 Å². The van der Waals surface area contributed by atoms with Gasteiger partial charge in [0.2, 0.25) is 5.91 Å². The molecule has 6 nitrogen and oxygen atoms in total. The number of aliphatic hydroxyl groups is 1. The van der Waals surface area contributed by atoms with Crippen molar-refractivity contribution in [2.24, 2.45) is 5.92 Å². The number of rotatable bonds is 7. The lowest BCUT2D eigenvalue weighted by Crippen LogP contribution is -2.43. The molecule has 3 rings (SSSR count). The van der Waals surface area contributed by atoms with Crippen molar-refractivity contribution in [3.05, 3.63) is 53.9 Å². The van der Waals surface area contributed by atoms with Crippen LogP contribution in [-0.4, -0.2) is 51.9 Å². The third-order valence-electron chi connectivity index (χ3n) is 4.71. The fourth-order valence-electron chi connectivity index (χ4n) is 3.35. The minimum absolute atomic E-state index is 0.0347. The molecule has 6 heteroatoms. The average molecular weight is 342 g/mol. The molecule has 1 amide bonds. The first kappa shape index (κ1) is 17.6. The minimum atomic E-state index is 0.0347. The fraction of sp³-hybridized carbons (Fsp3) is 0.474. The number of benzene rings is 1. The molecule has 25 heavy (non-hydrogen) atoms. The van der Waals surface area contributed by atoms with E-state index in [1.54, 1.807) is 6.20 Å². The monoisotopic (exact) mass is 342 g/mol. The quantitative estimate of drug-likeness (QED) is 0.795. The Hall–Kier alpha value is -2.18. The molecule has 2 N–H and O–H groups in total. The van der Waals surface area contributed by atoms with Crippen molar-refractivity contribution >= 4 is 5.91 Å². The molecule has 0 radical (unpaired) electrons. The Morgan fingerprint density at radius 1 is 1.28 bits per heavy atom. The summed E-state index contributed by atoms with van der Waals surface area (Å²) < 4.78 is 1.88. The molecule has 0 spiro atoms. The lowest BCUT2D eigenvalue weighted by molar-refractivity contribution is -0.122. The summed E-state index contributed by atoms with van der Waals surface area (Å²) in [6.07, 6.45) is 5.80. The summed E-state index contributed by atoms with van der Waals surface area (Å²) in [5.41, 5.74) is 2.27. The molecular weight excluding hydrogens is 316 g/mol. The second kappa shape index (κ2) is 8.78. The number of carbonyl (C=O) groups is 1. The molecule has 0 bridgehead atoms. The number of hydrogen-bond acceptors (Lipinski definition) is 4. The van der Waals surface area contributed by atoms with Crippen LogP contribution in [0.2, 0.25) is 0 Å². The van der Waals surface area contributed by atoms with Crippen LogP contribution in [0.4, 0.5) is 0 Å². The average Bonchev–Trinajstić information content (AvgIpc) is 3.14. The molecule has 2 heterocycles. The Balaban J connectivity index is 1.52. The molecule has 134 valence electrons. The summed E-state index contributed by atoms with van der Waals surface area (Å²) in [7, 11) is 0. The third kappa shape index (κ3) is 5.14. The number of piperidine rings is 1. The number of likely N-dealkylation sites (tertiary alicyclic amines) is 1. The van der Waals surface area contributed by atoms with Crippen molar-refractivity contribution in [3.63, 3.8) is 0 Å². The highest BCUT2D eigenvalue weighted by Gasteiger charge is 2.20. The van der Waals surface area contributed by atoms with Crippen molar-refractivity contribution in [1.82, 2.24) is 20.0 Å². The standard InChI is InChI=1S/C19H26N4O2/c24-15-16-5-3-9-22(12-16)14-19(25)20-11-17-6-1-2-7-18(17)13-23-10-4-8-21-23/h1-2,4,6-8,10,16,24H,3,5,9,11-15H2,(H,20,25). The van der Waals surface area contributed by atoms with Crippen LogP contribution >= 0.6 is 0 Å². The molecule has 1 aromatic carbocycles. The number of nitrogens with one attached hydrogen (secondary N) is 1. The van der Waals surface area contributed by atoms with Gasteiger partial charge >= 0.3 is 0 Å². The van der Waals surface area contributed by atoms with Crippen LogP contribution in [0.5, 0.6) is 0 Å². The van der Waals surface area contributed by atoms with E-state index < -0.39 is 0 Å². The summed E-state index contributed by atoms with van der Waals surface area (Å²) in [6.45, 7) is 3.56. The second-order valence-corrected chi connectivity index (χ2v) is 6.68. The number of amides is 1. The number of hydrogen-bond donors (Lipinski definition) is 2. The fourth-order valence-corrected chi connectivity index (χ4v) is 3.35. The van der Waals surface area contributed by atoms with Gasteiger partial charge < -0.3 is 10.4 Å². The predicted molar refractivity (Wildman–Crippen MR) is 95.9 cm³/mol. The summed E-state index contributed by atoms with van der Waals surface area (Å²) in [4.78, 5) is 14.4. The van der Waals surface area contributed by atoms with E-state index in [0.717, 1.165) is 37.1 Å². The van der Waals surface area contributed by atoms with E-state index in [4.69, 9.17) is 0 Å². The number of aliphatic hydroxyl groups excluding tert-OH is 1. The molecule has 1 atom stereocenters. The first-order valence-corrected chi connectivity index (χ1v) is 8.88. The topological polar surface area (TPSA) is 70.4 Å². The van der Waals surface area contributed by atoms with Gasteiger partial charge in [-0.15, -0.1) is 0 Å². The van der Waals surface area contributed by atoms with Crippen LogP contribution < -0.4 is 5.32 Å². The van der Waals surface area contributed by atoms with E-state index in [9.17, 15) is 9.90 Å². The minimum Gasteiger partial charge on any atom is -0.396 e. The van der Waals surface area contributed by atoms with Gasteiger partial charge in [0.05, 0.1) is 13.1 Å². The van der Waals surface area contributed by atoms with Crippen LogP contribution in [0.1, 0.15) is 24.0 Å². The lowest BCUT2D eigenvalue weighted by atomic mass is 9.99. The highest BCUT2D eigenvalue weighted by atomic mass is 16.3. The lowest BCUT2D eigenvalue weighted by Gasteiger charge is -2.31. The van der Waals surface area contributed by atoms with Gasteiger partial charge in [-0.3, -0.25) is 14.4 Å². The van der Waals surface area contributed by atoms with Gasteiger partial charge in [-0.25, -0.2) is 0 Å². The molecule has 1 unspecified atom stereocenters. The van der Waals surface area contributed by atoms with E-state index in [0.29, 0.717) is 25.6 Å². The molecule has 1 saturated heterocycles. The highest BCUT2D eigenvalue weighted by Crippen LogP contribution is 2.15. The van der Waals surface area contributed by atoms with Gasteiger partial charge in [0.25, 0.3) is 0 Å². The normalized spacial score (nSPS) is 18.2. The maximum Gasteiger partial charge on any atom is 0.234 e. The molecule has 1 aromatic heterocycles. The van der Waals surface area contributed by atoms with E-state index in [2.05, 4.69) is 21.4 Å². The zero-order valence-electron chi connectivity index (χ0n) is 14.5. The van der Waals surface area contributed by atoms with Gasteiger partial charge in [-0.1, -0.05) is 24.3 Å². The van der Waals surface area contributed by atoms with E-state index >= 15 is 0 Å². The molecule has 1 aliphatic rings. The Labute approximate surface area is 148 Å². The SMILES string of the molecule is O=C(CN1CCCC(CO)C1)NCc1ccccc1Cn1cccn1. The summed E-state index contributed by atoms with van der Waals surface area (Å²) in [5.74, 6) is 0.337. The summed E-state index contributed by atoms with van der Waals surface area (Å²) in [5, 5.41) is 16.6. The third-order valence-corrected chi connectivity index (χ3v) is 4.71. The van der Waals surface area contributed by atoms with Crippen molar-refractivity contribution in [1.29, 1.82) is 0 Å². The van der Waals surface area contributed by atoms with E-state index in [1.165, 1.54) is 0 Å². The number of nitrogens with zero attached hydrogens (tertiary/aromatic N) is 3. The molecule has 0 saturated carbocycles. The zero-order valence-corrected chi connectivity index (χ0v) is 14.5. The van der Waals surface area contributed by atoms with Gasteiger partial charge in [0.15, 0.2) is 0 Å². The maximum absolute atomic E-state index is 12.3. The van der Waals surface area contributed by atoms with E-state index in [-0.39, 0.29) is 12.5 Å². The van der Waals surface area contributed by atoms with E-state index in [1.807, 2.05) is 35.1 Å². The van der Waals surface area contributed by atoms with Crippen LogP contribution in [0.25, 0.3) is 0 Å². The summed E-state index contributed by atoms with van der Waals surface area (Å²) >= 11 is 0. The van der Waals surface area contributed by atoms with Crippen molar-refractivity contribution in [2.75, 3.05) is 26.2 Å². The smallest absolute Gasteiger partial charge is 0.234 e. The molecular formula is C19H26N4O2. The van der Waals surface area contributed by atoms with Crippen molar-refractivity contribution < 1.29 is 9.90 Å². The zero-order chi connectivity index (χ0) is 17.5. The van der Waals surface area contributed by atoms with Gasteiger partial charge in [-0.2, -0.15) is 5.10 Å². The first-order chi connectivity index (χ1) is 12.2. The highest BCUT2D eigenvalue weighted by molar-refractivity contribution is 5.78. The van der Waals surface area contributed by atoms with Crippen LogP contribution in [0, 0.1) is 5.92 Å². The maximum atomic E-state index is 12.3. The van der Waals surface area contributed by atoms with Crippen LogP contribution in [0.15, 0.2) is 42.7 Å². The molecule has 1 aliphatic heterocycles. The Kier molecular flexibility index (Phi) is 6.19. The molecule has 1 fully saturated rings. The van der Waals surface area contributed by atoms with Crippen molar-refractivity contribution in [2.45, 2.75) is 25.9 Å². The number of aromatic nitrogens is 2. The van der Waals surface area contributed by atoms with Gasteiger partial charge in [0.1, 0.15) is 0 Å². The van der Waals surface area contributed by atoms with Crippen LogP contribution in [0.3, 0.4) is 0 Å². The van der Waals surface area contributed by atoms with Gasteiger partial charge in [-0.05, 0) is 42.5 Å². The van der Waals surface area contributed by atoms with Crippen molar-refractivity contribution in [3.8, 4) is 0 Å². The Bertz CT molecular complexity index is 672. The molecule has 0 aliphatic carbocycles. The first-order valence-electron chi connectivity index (χ1n) is 8.88. The Morgan fingerprint density at radius 2 is 2.12 bits per heavy atom. The largest absolute Gasteiger partial charge is 0.396 e. The van der Waals surface area contributed by atoms with Crippen LogP contribution in [-0.2, 0) is 17.9 Å². The Morgan fingerprint density at radius 3 is 2.88 bits per heavy atom.